The van der Waals surface area contributed by atoms with E-state index >= 15 is 0 Å². The fourth-order valence-electron chi connectivity index (χ4n) is 2.56. The smallest absolute Gasteiger partial charge is 0.288 e. The molecule has 0 atom stereocenters. The van der Waals surface area contributed by atoms with Gasteiger partial charge in [0.2, 0.25) is 11.7 Å². The molecular formula is C14H23N5O2. The van der Waals surface area contributed by atoms with Crippen molar-refractivity contribution >= 4 is 11.8 Å². The Morgan fingerprint density at radius 3 is 2.43 bits per heavy atom. The van der Waals surface area contributed by atoms with Gasteiger partial charge in [0.15, 0.2) is 0 Å². The Labute approximate surface area is 124 Å². The van der Waals surface area contributed by atoms with Gasteiger partial charge in [-0.15, -0.1) is 5.10 Å². The van der Waals surface area contributed by atoms with Crippen molar-refractivity contribution in [2.75, 3.05) is 13.1 Å². The van der Waals surface area contributed by atoms with Crippen LogP contribution in [0.1, 0.15) is 55.5 Å². The third-order valence-corrected chi connectivity index (χ3v) is 3.69. The van der Waals surface area contributed by atoms with Crippen LogP contribution >= 0.6 is 0 Å². The highest BCUT2D eigenvalue weighted by Gasteiger charge is 2.19. The van der Waals surface area contributed by atoms with Gasteiger partial charge in [-0.2, -0.15) is 0 Å². The molecule has 2 heterocycles. The zero-order valence-electron chi connectivity index (χ0n) is 12.5. The average Bonchev–Trinajstić information content (AvgIpc) is 2.68. The lowest BCUT2D eigenvalue weighted by molar-refractivity contribution is -0.132. The molecule has 1 aromatic rings. The van der Waals surface area contributed by atoms with E-state index in [0.717, 1.165) is 32.4 Å². The average molecular weight is 293 g/mol. The highest BCUT2D eigenvalue weighted by atomic mass is 16.2. The summed E-state index contributed by atoms with van der Waals surface area (Å²) in [6, 6.07) is 0. The van der Waals surface area contributed by atoms with Gasteiger partial charge in [0.1, 0.15) is 12.4 Å². The number of carbonyl (C=O) groups excluding carboxylic acids is 2. The number of nitrogens with zero attached hydrogens (tertiary/aromatic N) is 4. The summed E-state index contributed by atoms with van der Waals surface area (Å²) in [5.41, 5.74) is 5.21. The van der Waals surface area contributed by atoms with E-state index in [-0.39, 0.29) is 18.3 Å². The summed E-state index contributed by atoms with van der Waals surface area (Å²) >= 11 is 0. The zero-order valence-corrected chi connectivity index (χ0v) is 12.5. The van der Waals surface area contributed by atoms with Crippen LogP contribution in [0.15, 0.2) is 0 Å². The molecule has 0 unspecified atom stereocenters. The Morgan fingerprint density at radius 1 is 1.19 bits per heavy atom. The van der Waals surface area contributed by atoms with Crippen LogP contribution in [-0.2, 0) is 17.8 Å². The number of aryl methyl sites for hydroxylation is 1. The molecule has 0 bridgehead atoms. The maximum atomic E-state index is 12.4. The molecule has 0 aliphatic carbocycles. The minimum Gasteiger partial charge on any atom is -0.363 e. The number of rotatable bonds is 5. The van der Waals surface area contributed by atoms with Gasteiger partial charge >= 0.3 is 0 Å². The van der Waals surface area contributed by atoms with Crippen LogP contribution in [0.4, 0.5) is 0 Å². The molecule has 0 spiro atoms. The fraction of sp³-hybridized carbons (Fsp3) is 0.714. The van der Waals surface area contributed by atoms with E-state index in [0.29, 0.717) is 12.2 Å². The Kier molecular flexibility index (Phi) is 5.30. The van der Waals surface area contributed by atoms with E-state index in [1.54, 1.807) is 0 Å². The third kappa shape index (κ3) is 4.03. The van der Waals surface area contributed by atoms with E-state index in [2.05, 4.69) is 10.1 Å². The second-order valence-corrected chi connectivity index (χ2v) is 5.42. The van der Waals surface area contributed by atoms with E-state index in [9.17, 15) is 9.59 Å². The topological polar surface area (TPSA) is 94.1 Å². The van der Waals surface area contributed by atoms with Gasteiger partial charge in [-0.25, -0.2) is 9.67 Å². The van der Waals surface area contributed by atoms with Gasteiger partial charge in [0.05, 0.1) is 0 Å². The van der Waals surface area contributed by atoms with Gasteiger partial charge in [0, 0.05) is 19.5 Å². The van der Waals surface area contributed by atoms with Crippen LogP contribution < -0.4 is 5.73 Å². The van der Waals surface area contributed by atoms with E-state index in [1.807, 2.05) is 11.8 Å². The lowest BCUT2D eigenvalue weighted by Gasteiger charge is -2.20. The SMILES string of the molecule is CCCc1nc(C(N)=O)nn1CC(=O)N1CCCCCC1. The number of carbonyl (C=O) groups is 2. The maximum absolute atomic E-state index is 12.4. The Hall–Kier alpha value is -1.92. The molecule has 1 fully saturated rings. The number of amides is 2. The first-order valence-electron chi connectivity index (χ1n) is 7.63. The van der Waals surface area contributed by atoms with Crippen molar-refractivity contribution in [1.29, 1.82) is 0 Å². The fourth-order valence-corrected chi connectivity index (χ4v) is 2.56. The van der Waals surface area contributed by atoms with Gasteiger partial charge in [-0.05, 0) is 19.3 Å². The minimum atomic E-state index is -0.659. The molecule has 116 valence electrons. The molecule has 0 saturated carbocycles. The summed E-state index contributed by atoms with van der Waals surface area (Å²) in [4.78, 5) is 29.6. The first-order chi connectivity index (χ1) is 10.1. The van der Waals surface area contributed by atoms with Gasteiger partial charge in [-0.1, -0.05) is 19.8 Å². The monoisotopic (exact) mass is 293 g/mol. The number of nitrogens with two attached hydrogens (primary N) is 1. The van der Waals surface area contributed by atoms with Crippen LogP contribution in [-0.4, -0.2) is 44.6 Å². The minimum absolute atomic E-state index is 0.0119. The Balaban J connectivity index is 2.09. The predicted octanol–water partition coefficient (Wildman–Crippen LogP) is 0.732. The summed E-state index contributed by atoms with van der Waals surface area (Å²) in [5, 5.41) is 4.07. The van der Waals surface area contributed by atoms with Crippen molar-refractivity contribution in [2.45, 2.75) is 52.0 Å². The summed E-state index contributed by atoms with van der Waals surface area (Å²) in [7, 11) is 0. The van der Waals surface area contributed by atoms with E-state index in [1.165, 1.54) is 17.5 Å². The molecule has 7 heteroatoms. The first-order valence-corrected chi connectivity index (χ1v) is 7.63. The van der Waals surface area contributed by atoms with Crippen LogP contribution in [0.25, 0.3) is 0 Å². The number of likely N-dealkylation sites (tertiary alicyclic amines) is 1. The molecule has 7 nitrogen and oxygen atoms in total. The Morgan fingerprint density at radius 2 is 1.86 bits per heavy atom. The van der Waals surface area contributed by atoms with Gasteiger partial charge in [-0.3, -0.25) is 9.59 Å². The summed E-state index contributed by atoms with van der Waals surface area (Å²) < 4.78 is 1.52. The number of aromatic nitrogens is 3. The molecule has 0 radical (unpaired) electrons. The molecule has 2 amide bonds. The molecule has 1 aliphatic heterocycles. The number of hydrogen-bond donors (Lipinski definition) is 1. The molecule has 2 rings (SSSR count). The molecule has 2 N–H and O–H groups in total. The van der Waals surface area contributed by atoms with Crippen molar-refractivity contribution in [1.82, 2.24) is 19.7 Å². The molecular weight excluding hydrogens is 270 g/mol. The lowest BCUT2D eigenvalue weighted by atomic mass is 10.2. The van der Waals surface area contributed by atoms with Crippen molar-refractivity contribution in [2.24, 2.45) is 5.73 Å². The van der Waals surface area contributed by atoms with Crippen molar-refractivity contribution < 1.29 is 9.59 Å². The Bertz CT molecular complexity index is 503. The standard InChI is InChI=1S/C14H23N5O2/c1-2-7-11-16-14(13(15)21)17-19(11)10-12(20)18-8-5-3-4-6-9-18/h2-10H2,1H3,(H2,15,21). The van der Waals surface area contributed by atoms with Crippen LogP contribution in [0.2, 0.25) is 0 Å². The summed E-state index contributed by atoms with van der Waals surface area (Å²) in [5.74, 6) is 0.0140. The highest BCUT2D eigenvalue weighted by molar-refractivity contribution is 5.88. The molecule has 1 saturated heterocycles. The third-order valence-electron chi connectivity index (χ3n) is 3.69. The number of hydrogen-bond acceptors (Lipinski definition) is 4. The highest BCUT2D eigenvalue weighted by Crippen LogP contribution is 2.11. The van der Waals surface area contributed by atoms with Crippen LogP contribution in [0.5, 0.6) is 0 Å². The molecule has 21 heavy (non-hydrogen) atoms. The first kappa shape index (κ1) is 15.5. The largest absolute Gasteiger partial charge is 0.363 e. The quantitative estimate of drug-likeness (QED) is 0.866. The van der Waals surface area contributed by atoms with Gasteiger partial charge in [0.25, 0.3) is 5.91 Å². The molecule has 1 aromatic heterocycles. The van der Waals surface area contributed by atoms with Crippen LogP contribution in [0.3, 0.4) is 0 Å². The van der Waals surface area contributed by atoms with Crippen LogP contribution in [0, 0.1) is 0 Å². The second kappa shape index (κ2) is 7.19. The second-order valence-electron chi connectivity index (χ2n) is 5.42. The van der Waals surface area contributed by atoms with Crippen molar-refractivity contribution in [3.05, 3.63) is 11.6 Å². The van der Waals surface area contributed by atoms with Crippen molar-refractivity contribution in [3.63, 3.8) is 0 Å². The van der Waals surface area contributed by atoms with E-state index < -0.39 is 5.91 Å². The normalized spacial score (nSPS) is 15.8. The van der Waals surface area contributed by atoms with Gasteiger partial charge < -0.3 is 10.6 Å². The lowest BCUT2D eigenvalue weighted by Crippen LogP contribution is -2.35. The maximum Gasteiger partial charge on any atom is 0.288 e. The zero-order chi connectivity index (χ0) is 15.2. The van der Waals surface area contributed by atoms with E-state index in [4.69, 9.17) is 5.73 Å². The molecule has 1 aliphatic rings. The van der Waals surface area contributed by atoms with Crippen molar-refractivity contribution in [3.8, 4) is 0 Å². The molecule has 0 aromatic carbocycles. The predicted molar refractivity (Wildman–Crippen MR) is 77.6 cm³/mol. The summed E-state index contributed by atoms with van der Waals surface area (Å²) in [6.45, 7) is 3.76. The number of primary amides is 1. The summed E-state index contributed by atoms with van der Waals surface area (Å²) in [6.07, 6.45) is 6.01.